The number of hydrogen-bond acceptors (Lipinski definition) is 6. The van der Waals surface area contributed by atoms with E-state index in [0.717, 1.165) is 33.6 Å². The molecule has 1 heterocycles. The molecule has 8 nitrogen and oxygen atoms in total. The number of halogens is 1. The van der Waals surface area contributed by atoms with E-state index in [9.17, 15) is 22.4 Å². The number of nitrogens with one attached hydrogen (secondary N) is 1. The van der Waals surface area contributed by atoms with Crippen LogP contribution < -0.4 is 5.32 Å². The van der Waals surface area contributed by atoms with Gasteiger partial charge in [0.15, 0.2) is 6.61 Å². The van der Waals surface area contributed by atoms with Crippen LogP contribution in [0.2, 0.25) is 0 Å². The molecule has 0 radical (unpaired) electrons. The van der Waals surface area contributed by atoms with E-state index < -0.39 is 39.2 Å². The summed E-state index contributed by atoms with van der Waals surface area (Å²) in [4.78, 5) is 23.9. The molecule has 0 aliphatic carbocycles. The van der Waals surface area contributed by atoms with Gasteiger partial charge in [-0.3, -0.25) is 4.79 Å². The van der Waals surface area contributed by atoms with Crippen molar-refractivity contribution in [2.75, 3.05) is 38.2 Å². The molecule has 0 unspecified atom stereocenters. The Bertz CT molecular complexity index is 1100. The van der Waals surface area contributed by atoms with Gasteiger partial charge in [0.05, 0.1) is 18.8 Å². The number of benzene rings is 2. The monoisotopic (exact) mass is 450 g/mol. The molecule has 1 aliphatic heterocycles. The summed E-state index contributed by atoms with van der Waals surface area (Å²) in [6, 6.07) is 8.47. The van der Waals surface area contributed by atoms with Crippen molar-refractivity contribution in [2.45, 2.75) is 18.7 Å². The highest BCUT2D eigenvalue weighted by Crippen LogP contribution is 2.22. The van der Waals surface area contributed by atoms with Crippen molar-refractivity contribution in [1.82, 2.24) is 4.31 Å². The standard InChI is InChI=1S/C21H23FN2O6S/c1-14-3-4-15(2)18(11-14)23-20(25)13-30-21(26)16-5-6-17(22)19(12-16)31(27,28)24-7-9-29-10-8-24/h3-6,11-12H,7-10,13H2,1-2H3,(H,23,25). The number of rotatable bonds is 6. The number of anilines is 1. The van der Waals surface area contributed by atoms with Crippen LogP contribution in [0.25, 0.3) is 0 Å². The summed E-state index contributed by atoms with van der Waals surface area (Å²) in [7, 11) is -4.14. The smallest absolute Gasteiger partial charge is 0.338 e. The average molecular weight is 450 g/mol. The molecule has 1 aliphatic rings. The van der Waals surface area contributed by atoms with Crippen molar-refractivity contribution in [2.24, 2.45) is 0 Å². The zero-order valence-corrected chi connectivity index (χ0v) is 18.0. The number of esters is 1. The number of carbonyl (C=O) groups is 2. The molecule has 0 spiro atoms. The van der Waals surface area contributed by atoms with Crippen molar-refractivity contribution in [3.63, 3.8) is 0 Å². The average Bonchev–Trinajstić information content (AvgIpc) is 2.75. The fourth-order valence-electron chi connectivity index (χ4n) is 3.03. The van der Waals surface area contributed by atoms with Crippen LogP contribution in [0.1, 0.15) is 21.5 Å². The van der Waals surface area contributed by atoms with Crippen LogP contribution in [0.15, 0.2) is 41.3 Å². The second kappa shape index (κ2) is 9.54. The van der Waals surface area contributed by atoms with Gasteiger partial charge < -0.3 is 14.8 Å². The van der Waals surface area contributed by atoms with E-state index in [-0.39, 0.29) is 31.9 Å². The van der Waals surface area contributed by atoms with Gasteiger partial charge >= 0.3 is 5.97 Å². The Kier molecular flexibility index (Phi) is 7.04. The summed E-state index contributed by atoms with van der Waals surface area (Å²) in [5.41, 5.74) is 2.23. The van der Waals surface area contributed by atoms with Crippen molar-refractivity contribution < 1.29 is 31.9 Å². The van der Waals surface area contributed by atoms with Gasteiger partial charge in [0.1, 0.15) is 10.7 Å². The maximum atomic E-state index is 14.3. The summed E-state index contributed by atoms with van der Waals surface area (Å²) < 4.78 is 50.9. The van der Waals surface area contributed by atoms with Crippen LogP contribution in [0.4, 0.5) is 10.1 Å². The minimum atomic E-state index is -4.14. The predicted molar refractivity (Wildman–Crippen MR) is 111 cm³/mol. The first-order valence-corrected chi connectivity index (χ1v) is 11.0. The third-order valence-electron chi connectivity index (χ3n) is 4.76. The molecule has 0 bridgehead atoms. The van der Waals surface area contributed by atoms with Crippen LogP contribution in [-0.2, 0) is 24.3 Å². The van der Waals surface area contributed by atoms with Crippen molar-refractivity contribution in [1.29, 1.82) is 0 Å². The van der Waals surface area contributed by atoms with Gasteiger partial charge in [-0.15, -0.1) is 0 Å². The molecule has 166 valence electrons. The first-order chi connectivity index (χ1) is 14.7. The lowest BCUT2D eigenvalue weighted by Gasteiger charge is -2.26. The zero-order chi connectivity index (χ0) is 22.6. The van der Waals surface area contributed by atoms with Gasteiger partial charge in [-0.2, -0.15) is 4.31 Å². The van der Waals surface area contributed by atoms with Gasteiger partial charge in [-0.05, 0) is 49.2 Å². The van der Waals surface area contributed by atoms with E-state index in [1.165, 1.54) is 0 Å². The fraction of sp³-hybridized carbons (Fsp3) is 0.333. The normalized spacial score (nSPS) is 14.8. The molecule has 31 heavy (non-hydrogen) atoms. The maximum absolute atomic E-state index is 14.3. The molecule has 0 atom stereocenters. The number of carbonyl (C=O) groups excluding carboxylic acids is 2. The Hall–Kier alpha value is -2.82. The van der Waals surface area contributed by atoms with Gasteiger partial charge in [0, 0.05) is 18.8 Å². The number of amides is 1. The minimum absolute atomic E-state index is 0.0923. The molecular formula is C21H23FN2O6S. The van der Waals surface area contributed by atoms with Crippen LogP contribution in [0.5, 0.6) is 0 Å². The lowest BCUT2D eigenvalue weighted by Crippen LogP contribution is -2.41. The topological polar surface area (TPSA) is 102 Å². The molecule has 0 saturated carbocycles. The lowest BCUT2D eigenvalue weighted by atomic mass is 10.1. The number of morpholine rings is 1. The van der Waals surface area contributed by atoms with Crippen molar-refractivity contribution >= 4 is 27.6 Å². The summed E-state index contributed by atoms with van der Waals surface area (Å²) in [5, 5.41) is 2.66. The van der Waals surface area contributed by atoms with Gasteiger partial charge in [-0.25, -0.2) is 17.6 Å². The maximum Gasteiger partial charge on any atom is 0.338 e. The van der Waals surface area contributed by atoms with Crippen LogP contribution in [0, 0.1) is 19.7 Å². The second-order valence-electron chi connectivity index (χ2n) is 7.10. The van der Waals surface area contributed by atoms with Crippen LogP contribution >= 0.6 is 0 Å². The fourth-order valence-corrected chi connectivity index (χ4v) is 4.52. The third kappa shape index (κ3) is 5.46. The SMILES string of the molecule is Cc1ccc(C)c(NC(=O)COC(=O)c2ccc(F)c(S(=O)(=O)N3CCOCC3)c2)c1. The minimum Gasteiger partial charge on any atom is -0.452 e. The van der Waals surface area contributed by atoms with E-state index in [0.29, 0.717) is 5.69 Å². The quantitative estimate of drug-likeness (QED) is 0.678. The molecule has 0 aromatic heterocycles. The van der Waals surface area contributed by atoms with Gasteiger partial charge in [0.25, 0.3) is 5.91 Å². The van der Waals surface area contributed by atoms with Gasteiger partial charge in [0.2, 0.25) is 10.0 Å². The van der Waals surface area contributed by atoms with Crippen LogP contribution in [0.3, 0.4) is 0 Å². The number of hydrogen-bond donors (Lipinski definition) is 1. The Balaban J connectivity index is 1.68. The zero-order valence-electron chi connectivity index (χ0n) is 17.2. The first-order valence-electron chi connectivity index (χ1n) is 9.60. The molecular weight excluding hydrogens is 427 g/mol. The first kappa shape index (κ1) is 22.9. The molecule has 10 heteroatoms. The summed E-state index contributed by atoms with van der Waals surface area (Å²) in [6.45, 7) is 3.73. The summed E-state index contributed by atoms with van der Waals surface area (Å²) in [6.07, 6.45) is 0. The highest BCUT2D eigenvalue weighted by atomic mass is 32.2. The Morgan fingerprint density at radius 1 is 1.13 bits per heavy atom. The number of nitrogens with zero attached hydrogens (tertiary/aromatic N) is 1. The molecule has 2 aromatic carbocycles. The molecule has 1 N–H and O–H groups in total. The van der Waals surface area contributed by atoms with Crippen LogP contribution in [-0.4, -0.2) is 57.5 Å². The highest BCUT2D eigenvalue weighted by Gasteiger charge is 2.30. The lowest BCUT2D eigenvalue weighted by molar-refractivity contribution is -0.119. The van der Waals surface area contributed by atoms with Gasteiger partial charge in [-0.1, -0.05) is 12.1 Å². The number of aryl methyl sites for hydroxylation is 2. The number of ether oxygens (including phenoxy) is 2. The Labute approximate surface area is 180 Å². The van der Waals surface area contributed by atoms with Crippen molar-refractivity contribution in [3.05, 3.63) is 58.9 Å². The number of sulfonamides is 1. The second-order valence-corrected chi connectivity index (χ2v) is 9.01. The molecule has 1 saturated heterocycles. The van der Waals surface area contributed by atoms with E-state index in [1.807, 2.05) is 26.0 Å². The highest BCUT2D eigenvalue weighted by molar-refractivity contribution is 7.89. The molecule has 1 amide bonds. The van der Waals surface area contributed by atoms with E-state index in [2.05, 4.69) is 5.32 Å². The molecule has 3 rings (SSSR count). The summed E-state index contributed by atoms with van der Waals surface area (Å²) in [5.74, 6) is -2.46. The molecule has 1 fully saturated rings. The summed E-state index contributed by atoms with van der Waals surface area (Å²) >= 11 is 0. The molecule has 2 aromatic rings. The Morgan fingerprint density at radius 3 is 2.55 bits per heavy atom. The van der Waals surface area contributed by atoms with E-state index >= 15 is 0 Å². The van der Waals surface area contributed by atoms with E-state index in [4.69, 9.17) is 9.47 Å². The van der Waals surface area contributed by atoms with E-state index in [1.54, 1.807) is 6.07 Å². The third-order valence-corrected chi connectivity index (χ3v) is 6.67. The van der Waals surface area contributed by atoms with Crippen molar-refractivity contribution in [3.8, 4) is 0 Å². The largest absolute Gasteiger partial charge is 0.452 e. The predicted octanol–water partition coefficient (Wildman–Crippen LogP) is 2.26. The Morgan fingerprint density at radius 2 is 1.84 bits per heavy atom.